The van der Waals surface area contributed by atoms with Gasteiger partial charge in [-0.25, -0.2) is 22.2 Å². The molecule has 0 radical (unpaired) electrons. The van der Waals surface area contributed by atoms with E-state index in [0.717, 1.165) is 37.3 Å². The molecule has 2 rings (SSSR count). The third-order valence-electron chi connectivity index (χ3n) is 3.06. The van der Waals surface area contributed by atoms with Gasteiger partial charge in [-0.1, -0.05) is 0 Å². The van der Waals surface area contributed by atoms with E-state index in [-0.39, 0.29) is 10.1 Å². The second-order valence-corrected chi connectivity index (χ2v) is 8.16. The molecule has 0 aliphatic heterocycles. The third kappa shape index (κ3) is 3.74. The number of carboxylic acid groups (broad SMARTS) is 1. The summed E-state index contributed by atoms with van der Waals surface area (Å²) in [5.74, 6) is -1.26. The minimum absolute atomic E-state index is 0.179. The molecule has 1 saturated carbocycles. The zero-order valence-corrected chi connectivity index (χ0v) is 12.7. The fourth-order valence-electron chi connectivity index (χ4n) is 1.74. The van der Waals surface area contributed by atoms with Crippen LogP contribution < -0.4 is 4.72 Å². The van der Waals surface area contributed by atoms with Gasteiger partial charge >= 0.3 is 5.97 Å². The van der Waals surface area contributed by atoms with Crippen molar-refractivity contribution in [2.24, 2.45) is 0 Å². The lowest BCUT2D eigenvalue weighted by Gasteiger charge is -2.27. The maximum Gasteiger partial charge on any atom is 0.305 e. The Morgan fingerprint density at radius 1 is 1.62 bits per heavy atom. The van der Waals surface area contributed by atoms with Gasteiger partial charge in [-0.3, -0.25) is 4.79 Å². The molecule has 0 spiro atoms. The van der Waals surface area contributed by atoms with Crippen molar-refractivity contribution in [3.05, 3.63) is 11.2 Å². The number of alkyl halides is 2. The van der Waals surface area contributed by atoms with Crippen molar-refractivity contribution in [2.45, 2.75) is 48.3 Å². The summed E-state index contributed by atoms with van der Waals surface area (Å²) in [6, 6.07) is 0. The number of thiazole rings is 1. The molecule has 1 heterocycles. The van der Waals surface area contributed by atoms with Crippen molar-refractivity contribution < 1.29 is 27.1 Å². The van der Waals surface area contributed by atoms with Crippen LogP contribution in [0.2, 0.25) is 0 Å². The number of nitrogens with one attached hydrogen (secondary N) is 1. The van der Waals surface area contributed by atoms with E-state index in [1.807, 2.05) is 0 Å². The molecule has 1 aliphatic carbocycles. The van der Waals surface area contributed by atoms with Crippen molar-refractivity contribution in [3.8, 4) is 0 Å². The van der Waals surface area contributed by atoms with Gasteiger partial charge in [-0.05, 0) is 19.8 Å². The Morgan fingerprint density at radius 3 is 2.71 bits per heavy atom. The first-order valence-corrected chi connectivity index (χ1v) is 8.44. The van der Waals surface area contributed by atoms with Crippen LogP contribution in [0, 0.1) is 0 Å². The molecule has 1 aromatic rings. The molecule has 118 valence electrons. The highest BCUT2D eigenvalue weighted by Crippen LogP contribution is 2.42. The largest absolute Gasteiger partial charge is 0.481 e. The van der Waals surface area contributed by atoms with E-state index in [1.165, 1.54) is 0 Å². The normalized spacial score (nSPS) is 18.7. The summed E-state index contributed by atoms with van der Waals surface area (Å²) in [6.07, 6.45) is -1.17. The molecule has 6 nitrogen and oxygen atoms in total. The Kier molecular flexibility index (Phi) is 4.31. The Morgan fingerprint density at radius 2 is 2.24 bits per heavy atom. The summed E-state index contributed by atoms with van der Waals surface area (Å²) < 4.78 is 51.9. The second kappa shape index (κ2) is 5.58. The molecule has 1 atom stereocenters. The quantitative estimate of drug-likeness (QED) is 0.789. The minimum Gasteiger partial charge on any atom is -0.481 e. The van der Waals surface area contributed by atoms with Crippen LogP contribution in [0.3, 0.4) is 0 Å². The summed E-state index contributed by atoms with van der Waals surface area (Å²) in [5.41, 5.74) is -2.37. The van der Waals surface area contributed by atoms with Crippen LogP contribution >= 0.6 is 11.3 Å². The second-order valence-electron chi connectivity index (χ2n) is 5.19. The topological polar surface area (TPSA) is 96.4 Å². The molecular weight excluding hydrogens is 326 g/mol. The highest BCUT2D eigenvalue weighted by molar-refractivity contribution is 7.91. The van der Waals surface area contributed by atoms with E-state index in [2.05, 4.69) is 4.98 Å². The summed E-state index contributed by atoms with van der Waals surface area (Å²) in [5, 5.41) is 9.33. The van der Waals surface area contributed by atoms with Gasteiger partial charge < -0.3 is 5.11 Å². The average molecular weight is 340 g/mol. The van der Waals surface area contributed by atoms with Crippen molar-refractivity contribution in [2.75, 3.05) is 0 Å². The molecule has 0 amide bonds. The maximum absolute atomic E-state index is 13.0. The van der Waals surface area contributed by atoms with Gasteiger partial charge in [0.25, 0.3) is 16.4 Å². The predicted molar refractivity (Wildman–Crippen MR) is 71.1 cm³/mol. The van der Waals surface area contributed by atoms with E-state index in [9.17, 15) is 22.0 Å². The van der Waals surface area contributed by atoms with Crippen LogP contribution in [-0.2, 0) is 14.8 Å². The standard InChI is InChI=1S/C11H14F2N2O4S2/c1-11(10(12)13,4-7(16)17)15-21(18,19)8-5-14-9(20-8)6-2-3-6/h5-6,10,15H,2-4H2,1H3,(H,16,17). The fraction of sp³-hybridized carbons (Fsp3) is 0.636. The lowest BCUT2D eigenvalue weighted by molar-refractivity contribution is -0.140. The SMILES string of the molecule is CC(CC(=O)O)(NS(=O)(=O)c1cnc(C2CC2)s1)C(F)F. The number of aromatic nitrogens is 1. The molecular formula is C11H14F2N2O4S2. The molecule has 1 fully saturated rings. The number of rotatable bonds is 7. The van der Waals surface area contributed by atoms with E-state index in [1.54, 1.807) is 4.72 Å². The zero-order chi connectivity index (χ0) is 15.8. The summed E-state index contributed by atoms with van der Waals surface area (Å²) in [4.78, 5) is 14.6. The zero-order valence-electron chi connectivity index (χ0n) is 11.0. The molecule has 0 bridgehead atoms. The lowest BCUT2D eigenvalue weighted by Crippen LogP contribution is -2.52. The molecule has 1 unspecified atom stereocenters. The smallest absolute Gasteiger partial charge is 0.305 e. The van der Waals surface area contributed by atoms with Gasteiger partial charge in [0.1, 0.15) is 5.54 Å². The number of sulfonamides is 1. The van der Waals surface area contributed by atoms with Crippen molar-refractivity contribution in [1.82, 2.24) is 9.71 Å². The maximum atomic E-state index is 13.0. The van der Waals surface area contributed by atoms with E-state index >= 15 is 0 Å². The minimum atomic E-state index is -4.23. The Labute approximate surface area is 124 Å². The van der Waals surface area contributed by atoms with Gasteiger partial charge in [-0.15, -0.1) is 11.3 Å². The lowest BCUT2D eigenvalue weighted by atomic mass is 10.0. The first-order valence-electron chi connectivity index (χ1n) is 6.14. The number of halogens is 2. The highest BCUT2D eigenvalue weighted by Gasteiger charge is 2.42. The molecule has 21 heavy (non-hydrogen) atoms. The fourth-order valence-corrected chi connectivity index (χ4v) is 4.45. The number of aliphatic carboxylic acids is 1. The van der Waals surface area contributed by atoms with Gasteiger partial charge in [0.2, 0.25) is 0 Å². The van der Waals surface area contributed by atoms with Crippen LogP contribution in [0.25, 0.3) is 0 Å². The summed E-state index contributed by atoms with van der Waals surface area (Å²) in [6.45, 7) is 0.867. The Balaban J connectivity index is 2.22. The van der Waals surface area contributed by atoms with Crippen molar-refractivity contribution in [1.29, 1.82) is 0 Å². The van der Waals surface area contributed by atoms with Crippen LogP contribution in [0.5, 0.6) is 0 Å². The number of nitrogens with zero attached hydrogens (tertiary/aromatic N) is 1. The summed E-state index contributed by atoms with van der Waals surface area (Å²) in [7, 11) is -4.23. The van der Waals surface area contributed by atoms with Gasteiger partial charge in [0, 0.05) is 5.92 Å². The van der Waals surface area contributed by atoms with Crippen molar-refractivity contribution >= 4 is 27.3 Å². The van der Waals surface area contributed by atoms with Gasteiger partial charge in [0.15, 0.2) is 4.21 Å². The monoisotopic (exact) mass is 340 g/mol. The van der Waals surface area contributed by atoms with E-state index in [4.69, 9.17) is 5.11 Å². The molecule has 1 aliphatic rings. The molecule has 2 N–H and O–H groups in total. The van der Waals surface area contributed by atoms with Crippen LogP contribution in [-0.4, -0.2) is 36.4 Å². The number of carbonyl (C=O) groups is 1. The van der Waals surface area contributed by atoms with Gasteiger partial charge in [-0.2, -0.15) is 4.72 Å². The van der Waals surface area contributed by atoms with Crippen LogP contribution in [0.15, 0.2) is 10.4 Å². The van der Waals surface area contributed by atoms with Crippen molar-refractivity contribution in [3.63, 3.8) is 0 Å². The molecule has 10 heteroatoms. The molecule has 1 aromatic heterocycles. The first-order chi connectivity index (χ1) is 9.64. The van der Waals surface area contributed by atoms with Crippen LogP contribution in [0.4, 0.5) is 8.78 Å². The number of carboxylic acids is 1. The third-order valence-corrected chi connectivity index (χ3v) is 6.29. The summed E-state index contributed by atoms with van der Waals surface area (Å²) >= 11 is 0.928. The Hall–Kier alpha value is -1.13. The first kappa shape index (κ1) is 16.2. The van der Waals surface area contributed by atoms with Gasteiger partial charge in [0.05, 0.1) is 17.6 Å². The number of hydrogen-bond acceptors (Lipinski definition) is 5. The molecule has 0 saturated heterocycles. The predicted octanol–water partition coefficient (Wildman–Crippen LogP) is 1.80. The highest BCUT2D eigenvalue weighted by atomic mass is 32.2. The van der Waals surface area contributed by atoms with Crippen LogP contribution in [0.1, 0.15) is 37.1 Å². The average Bonchev–Trinajstić information content (AvgIpc) is 3.04. The number of hydrogen-bond donors (Lipinski definition) is 2. The van der Waals surface area contributed by atoms with E-state index in [0.29, 0.717) is 5.01 Å². The van der Waals surface area contributed by atoms with E-state index < -0.39 is 34.4 Å². The molecule has 0 aromatic carbocycles. The Bertz CT molecular complexity index is 642.